The van der Waals surface area contributed by atoms with E-state index in [1.807, 2.05) is 30.3 Å². The Morgan fingerprint density at radius 2 is 1.70 bits per heavy atom. The van der Waals surface area contributed by atoms with E-state index in [9.17, 15) is 4.79 Å². The first-order valence-corrected chi connectivity index (χ1v) is 12.7. The lowest BCUT2D eigenvalue weighted by Gasteiger charge is -2.24. The third kappa shape index (κ3) is 5.61. The number of carbonyl (C=O) groups excluding carboxylic acids is 1. The monoisotopic (exact) mass is 492 g/mol. The van der Waals surface area contributed by atoms with Crippen LogP contribution in [0.5, 0.6) is 5.75 Å². The SMILES string of the molecule is COc1ccc(Cn2cc([C@H](CC(=O)NCc3ccco3)[C@@H](C)c3ccccc3)c3ccccc32)cc1. The Hall–Kier alpha value is -4.25. The number of para-hydroxylation sites is 1. The van der Waals surface area contributed by atoms with Gasteiger partial charge in [-0.05, 0) is 52.9 Å². The van der Waals surface area contributed by atoms with Crippen LogP contribution >= 0.6 is 0 Å². The zero-order chi connectivity index (χ0) is 25.6. The number of methoxy groups -OCH3 is 1. The lowest BCUT2D eigenvalue weighted by Crippen LogP contribution is -2.26. The molecule has 0 bridgehead atoms. The second-order valence-corrected chi connectivity index (χ2v) is 9.44. The quantitative estimate of drug-likeness (QED) is 0.231. The van der Waals surface area contributed by atoms with Crippen molar-refractivity contribution in [2.45, 2.75) is 38.3 Å². The maximum atomic E-state index is 13.2. The van der Waals surface area contributed by atoms with Crippen LogP contribution in [0.2, 0.25) is 0 Å². The van der Waals surface area contributed by atoms with E-state index in [1.165, 1.54) is 22.1 Å². The zero-order valence-electron chi connectivity index (χ0n) is 21.3. The van der Waals surface area contributed by atoms with Crippen LogP contribution in [0, 0.1) is 0 Å². The Morgan fingerprint density at radius 1 is 0.946 bits per heavy atom. The number of hydrogen-bond acceptors (Lipinski definition) is 3. The van der Waals surface area contributed by atoms with Crippen molar-refractivity contribution in [1.82, 2.24) is 9.88 Å². The molecule has 0 aliphatic carbocycles. The highest BCUT2D eigenvalue weighted by Crippen LogP contribution is 2.40. The van der Waals surface area contributed by atoms with Crippen molar-refractivity contribution >= 4 is 16.8 Å². The summed E-state index contributed by atoms with van der Waals surface area (Å²) in [6, 6.07) is 30.8. The predicted octanol–water partition coefficient (Wildman–Crippen LogP) is 6.89. The molecule has 2 atom stereocenters. The fourth-order valence-corrected chi connectivity index (χ4v) is 5.04. The molecule has 0 aliphatic heterocycles. The minimum absolute atomic E-state index is 0.000943. The molecule has 2 aromatic heterocycles. The molecule has 5 nitrogen and oxygen atoms in total. The van der Waals surface area contributed by atoms with Crippen LogP contribution in [0.4, 0.5) is 0 Å². The summed E-state index contributed by atoms with van der Waals surface area (Å²) in [5, 5.41) is 4.23. The van der Waals surface area contributed by atoms with Gasteiger partial charge in [0.1, 0.15) is 11.5 Å². The van der Waals surface area contributed by atoms with Crippen LogP contribution in [0.3, 0.4) is 0 Å². The third-order valence-electron chi connectivity index (χ3n) is 7.10. The molecule has 0 saturated carbocycles. The number of amides is 1. The van der Waals surface area contributed by atoms with E-state index < -0.39 is 0 Å². The summed E-state index contributed by atoms with van der Waals surface area (Å²) in [5.41, 5.74) is 4.76. The topological polar surface area (TPSA) is 56.4 Å². The summed E-state index contributed by atoms with van der Waals surface area (Å²) in [4.78, 5) is 13.2. The lowest BCUT2D eigenvalue weighted by molar-refractivity contribution is -0.121. The van der Waals surface area contributed by atoms with E-state index in [0.29, 0.717) is 13.0 Å². The molecule has 0 aliphatic rings. The van der Waals surface area contributed by atoms with Crippen LogP contribution in [0.1, 0.15) is 47.6 Å². The highest BCUT2D eigenvalue weighted by Gasteiger charge is 2.27. The molecule has 0 saturated heterocycles. The van der Waals surface area contributed by atoms with Gasteiger partial charge in [-0.2, -0.15) is 0 Å². The van der Waals surface area contributed by atoms with Gasteiger partial charge in [-0.1, -0.05) is 67.6 Å². The largest absolute Gasteiger partial charge is 0.497 e. The minimum Gasteiger partial charge on any atom is -0.497 e. The Morgan fingerprint density at radius 3 is 2.43 bits per heavy atom. The van der Waals surface area contributed by atoms with Crippen molar-refractivity contribution in [3.8, 4) is 5.75 Å². The summed E-state index contributed by atoms with van der Waals surface area (Å²) in [5.74, 6) is 1.75. The van der Waals surface area contributed by atoms with Gasteiger partial charge in [0.25, 0.3) is 0 Å². The number of furan rings is 1. The van der Waals surface area contributed by atoms with E-state index in [4.69, 9.17) is 9.15 Å². The molecule has 188 valence electrons. The Labute approximate surface area is 217 Å². The average molecular weight is 493 g/mol. The van der Waals surface area contributed by atoms with Crippen LogP contribution in [-0.2, 0) is 17.9 Å². The molecule has 1 N–H and O–H groups in total. The van der Waals surface area contributed by atoms with Gasteiger partial charge >= 0.3 is 0 Å². The van der Waals surface area contributed by atoms with E-state index >= 15 is 0 Å². The van der Waals surface area contributed by atoms with Gasteiger partial charge in [0.2, 0.25) is 5.91 Å². The summed E-state index contributed by atoms with van der Waals surface area (Å²) < 4.78 is 13.0. The highest BCUT2D eigenvalue weighted by atomic mass is 16.5. The summed E-state index contributed by atoms with van der Waals surface area (Å²) >= 11 is 0. The molecule has 0 fully saturated rings. The smallest absolute Gasteiger partial charge is 0.221 e. The number of nitrogens with one attached hydrogen (secondary N) is 1. The zero-order valence-corrected chi connectivity index (χ0v) is 21.3. The number of nitrogens with zero attached hydrogens (tertiary/aromatic N) is 1. The van der Waals surface area contributed by atoms with E-state index in [1.54, 1.807) is 13.4 Å². The molecular weight excluding hydrogens is 460 g/mol. The Kier molecular flexibility index (Phi) is 7.41. The Balaban J connectivity index is 1.49. The summed E-state index contributed by atoms with van der Waals surface area (Å²) in [6.07, 6.45) is 4.24. The van der Waals surface area contributed by atoms with Gasteiger partial charge in [0.15, 0.2) is 0 Å². The minimum atomic E-state index is 0.000943. The number of benzene rings is 3. The molecule has 37 heavy (non-hydrogen) atoms. The van der Waals surface area contributed by atoms with E-state index in [-0.39, 0.29) is 17.7 Å². The fraction of sp³-hybridized carbons (Fsp3) is 0.219. The number of ether oxygens (including phenoxy) is 1. The van der Waals surface area contributed by atoms with Gasteiger partial charge in [0.05, 0.1) is 19.9 Å². The van der Waals surface area contributed by atoms with Crippen molar-refractivity contribution in [2.75, 3.05) is 7.11 Å². The first kappa shape index (κ1) is 24.4. The highest BCUT2D eigenvalue weighted by molar-refractivity contribution is 5.86. The normalized spacial score (nSPS) is 12.8. The molecule has 5 aromatic rings. The van der Waals surface area contributed by atoms with Gasteiger partial charge in [0, 0.05) is 36.0 Å². The van der Waals surface area contributed by atoms with Crippen LogP contribution in [-0.4, -0.2) is 17.6 Å². The fourth-order valence-electron chi connectivity index (χ4n) is 5.04. The standard InChI is InChI=1S/C32H32N2O3/c1-23(25-9-4-3-5-10-25)29(19-32(35)33-20-27-11-8-18-37-27)30-22-34(31-13-7-6-12-28(30)31)21-24-14-16-26(36-2)17-15-24/h3-18,22-23,29H,19-21H2,1-2H3,(H,33,35)/t23-,29+/m0/s1. The maximum absolute atomic E-state index is 13.2. The van der Waals surface area contributed by atoms with Crippen LogP contribution in [0.15, 0.2) is 108 Å². The van der Waals surface area contributed by atoms with E-state index in [0.717, 1.165) is 23.6 Å². The molecule has 5 rings (SSSR count). The van der Waals surface area contributed by atoms with Crippen molar-refractivity contribution in [1.29, 1.82) is 0 Å². The Bertz CT molecular complexity index is 1440. The van der Waals surface area contributed by atoms with E-state index in [2.05, 4.69) is 83.7 Å². The number of rotatable bonds is 10. The first-order chi connectivity index (χ1) is 18.1. The van der Waals surface area contributed by atoms with Crippen molar-refractivity contribution in [3.63, 3.8) is 0 Å². The van der Waals surface area contributed by atoms with Crippen molar-refractivity contribution in [3.05, 3.63) is 126 Å². The molecule has 3 aromatic carbocycles. The van der Waals surface area contributed by atoms with Gasteiger partial charge in [-0.15, -0.1) is 0 Å². The van der Waals surface area contributed by atoms with Crippen molar-refractivity contribution in [2.24, 2.45) is 0 Å². The number of carbonyl (C=O) groups is 1. The lowest BCUT2D eigenvalue weighted by atomic mass is 9.80. The second kappa shape index (κ2) is 11.2. The third-order valence-corrected chi connectivity index (χ3v) is 7.10. The maximum Gasteiger partial charge on any atom is 0.221 e. The summed E-state index contributed by atoms with van der Waals surface area (Å²) in [6.45, 7) is 3.34. The number of fused-ring (bicyclic) bond motifs is 1. The van der Waals surface area contributed by atoms with Gasteiger partial charge in [-0.25, -0.2) is 0 Å². The molecule has 2 heterocycles. The average Bonchev–Trinajstić information content (AvgIpc) is 3.60. The van der Waals surface area contributed by atoms with Gasteiger partial charge in [-0.3, -0.25) is 4.79 Å². The molecule has 5 heteroatoms. The van der Waals surface area contributed by atoms with Gasteiger partial charge < -0.3 is 19.0 Å². The second-order valence-electron chi connectivity index (χ2n) is 9.44. The number of hydrogen-bond donors (Lipinski definition) is 1. The predicted molar refractivity (Wildman–Crippen MR) is 147 cm³/mol. The molecule has 0 unspecified atom stereocenters. The van der Waals surface area contributed by atoms with Crippen LogP contribution in [0.25, 0.3) is 10.9 Å². The summed E-state index contributed by atoms with van der Waals surface area (Å²) in [7, 11) is 1.68. The molecular formula is C32H32N2O3. The first-order valence-electron chi connectivity index (χ1n) is 12.7. The molecule has 0 spiro atoms. The van der Waals surface area contributed by atoms with Crippen LogP contribution < -0.4 is 10.1 Å². The number of aromatic nitrogens is 1. The van der Waals surface area contributed by atoms with Crippen molar-refractivity contribution < 1.29 is 13.9 Å². The molecule has 0 radical (unpaired) electrons. The molecule has 1 amide bonds.